The van der Waals surface area contributed by atoms with Gasteiger partial charge < -0.3 is 28.4 Å². The van der Waals surface area contributed by atoms with E-state index in [4.69, 9.17) is 28.4 Å². The predicted octanol–water partition coefficient (Wildman–Crippen LogP) is 11.3. The van der Waals surface area contributed by atoms with E-state index in [1.807, 2.05) is 78.9 Å². The van der Waals surface area contributed by atoms with Crippen molar-refractivity contribution < 1.29 is 28.4 Å². The lowest BCUT2D eigenvalue weighted by atomic mass is 9.90. The van der Waals surface area contributed by atoms with Gasteiger partial charge in [-0.3, -0.25) is 0 Å². The zero-order valence-electron chi connectivity index (χ0n) is 32.2. The summed E-state index contributed by atoms with van der Waals surface area (Å²) in [5.74, 6) is 1.44. The van der Waals surface area contributed by atoms with Gasteiger partial charge in [0.05, 0.1) is 45.7 Å². The standard InChI is InChI=1S/C50H48O6S/c1-51-45-30-46(53-32-37-18-8-3-9-19-37)44(28-41(45)27-43-26-40-24-14-15-25-48(40)57-43)49-50(55-34-39-22-12-5-13-23-39)47(54-33-38-20-10-4-11-21-38)29-42(56-49)35-52-31-36-16-6-2-7-17-36/h2-26,28,30,42,47,49-50H,27,29,31-35H2,1H3/t42-,47-,49-,50-/m0/s1. The molecule has 6 aromatic carbocycles. The largest absolute Gasteiger partial charge is 0.496 e. The van der Waals surface area contributed by atoms with Crippen LogP contribution in [0.2, 0.25) is 0 Å². The smallest absolute Gasteiger partial charge is 0.129 e. The highest BCUT2D eigenvalue weighted by molar-refractivity contribution is 7.19. The van der Waals surface area contributed by atoms with Crippen molar-refractivity contribution in [1.29, 1.82) is 0 Å². The van der Waals surface area contributed by atoms with Gasteiger partial charge in [0, 0.05) is 34.0 Å². The van der Waals surface area contributed by atoms with Crippen molar-refractivity contribution in [2.45, 2.75) is 63.7 Å². The van der Waals surface area contributed by atoms with Crippen LogP contribution in [0.3, 0.4) is 0 Å². The Morgan fingerprint density at radius 1 is 0.596 bits per heavy atom. The third-order valence-electron chi connectivity index (χ3n) is 10.3. The molecule has 0 amide bonds. The van der Waals surface area contributed by atoms with Crippen LogP contribution in [0.25, 0.3) is 10.1 Å². The molecule has 2 heterocycles. The molecule has 0 N–H and O–H groups in total. The van der Waals surface area contributed by atoms with E-state index < -0.39 is 12.2 Å². The number of fused-ring (bicyclic) bond motifs is 1. The van der Waals surface area contributed by atoms with Crippen molar-refractivity contribution in [3.8, 4) is 11.5 Å². The van der Waals surface area contributed by atoms with Crippen LogP contribution in [0, 0.1) is 0 Å². The molecule has 7 heteroatoms. The van der Waals surface area contributed by atoms with E-state index in [1.165, 1.54) is 15.0 Å². The lowest BCUT2D eigenvalue weighted by Gasteiger charge is -2.42. The second kappa shape index (κ2) is 19.2. The number of methoxy groups -OCH3 is 1. The Labute approximate surface area is 339 Å². The summed E-state index contributed by atoms with van der Waals surface area (Å²) < 4.78 is 41.4. The number of hydrogen-bond acceptors (Lipinski definition) is 7. The fourth-order valence-electron chi connectivity index (χ4n) is 7.42. The van der Waals surface area contributed by atoms with Crippen molar-refractivity contribution in [2.24, 2.45) is 0 Å². The molecule has 0 aliphatic carbocycles. The highest BCUT2D eigenvalue weighted by Gasteiger charge is 2.43. The average Bonchev–Trinajstić information content (AvgIpc) is 3.68. The van der Waals surface area contributed by atoms with Crippen LogP contribution in [-0.2, 0) is 51.8 Å². The van der Waals surface area contributed by atoms with Crippen LogP contribution in [0.5, 0.6) is 11.5 Å². The summed E-state index contributed by atoms with van der Waals surface area (Å²) in [6, 6.07) is 56.0. The van der Waals surface area contributed by atoms with E-state index in [1.54, 1.807) is 18.4 Å². The Balaban J connectivity index is 1.18. The molecule has 1 aromatic heterocycles. The zero-order valence-corrected chi connectivity index (χ0v) is 33.0. The Morgan fingerprint density at radius 3 is 1.81 bits per heavy atom. The molecule has 0 spiro atoms. The highest BCUT2D eigenvalue weighted by Crippen LogP contribution is 2.44. The van der Waals surface area contributed by atoms with E-state index in [2.05, 4.69) is 84.9 Å². The second-order valence-corrected chi connectivity index (χ2v) is 15.6. The van der Waals surface area contributed by atoms with Gasteiger partial charge in [-0.1, -0.05) is 140 Å². The maximum Gasteiger partial charge on any atom is 0.129 e. The molecule has 0 unspecified atom stereocenters. The summed E-state index contributed by atoms with van der Waals surface area (Å²) in [7, 11) is 1.72. The first-order valence-corrected chi connectivity index (χ1v) is 20.4. The van der Waals surface area contributed by atoms with Crippen LogP contribution >= 0.6 is 11.3 Å². The number of benzene rings is 6. The van der Waals surface area contributed by atoms with Gasteiger partial charge in [0.1, 0.15) is 30.3 Å². The summed E-state index contributed by atoms with van der Waals surface area (Å²) in [4.78, 5) is 1.25. The normalized spacial score (nSPS) is 18.1. The fraction of sp³-hybridized carbons (Fsp3) is 0.240. The topological polar surface area (TPSA) is 55.4 Å². The van der Waals surface area contributed by atoms with Crippen molar-refractivity contribution >= 4 is 21.4 Å². The predicted molar refractivity (Wildman–Crippen MR) is 227 cm³/mol. The van der Waals surface area contributed by atoms with E-state index in [0.717, 1.165) is 39.1 Å². The quantitative estimate of drug-likeness (QED) is 0.0918. The Kier molecular flexibility index (Phi) is 13.0. The number of hydrogen-bond donors (Lipinski definition) is 0. The van der Waals surface area contributed by atoms with Crippen molar-refractivity contribution in [1.82, 2.24) is 0 Å². The van der Waals surface area contributed by atoms with Gasteiger partial charge in [-0.25, -0.2) is 0 Å². The first-order chi connectivity index (χ1) is 28.2. The highest BCUT2D eigenvalue weighted by atomic mass is 32.1. The molecule has 290 valence electrons. The van der Waals surface area contributed by atoms with Crippen LogP contribution < -0.4 is 9.47 Å². The van der Waals surface area contributed by atoms with Gasteiger partial charge in [-0.2, -0.15) is 0 Å². The van der Waals surface area contributed by atoms with Gasteiger partial charge in [-0.05, 0) is 51.4 Å². The summed E-state index contributed by atoms with van der Waals surface area (Å²) in [5, 5.41) is 1.24. The van der Waals surface area contributed by atoms with Crippen LogP contribution in [-0.4, -0.2) is 32.0 Å². The molecule has 1 aliphatic rings. The van der Waals surface area contributed by atoms with E-state index in [9.17, 15) is 0 Å². The lowest BCUT2D eigenvalue weighted by molar-refractivity contribution is -0.219. The minimum Gasteiger partial charge on any atom is -0.496 e. The molecule has 1 saturated heterocycles. The molecule has 1 aliphatic heterocycles. The molecule has 7 aromatic rings. The molecule has 8 rings (SSSR count). The third-order valence-corrected chi connectivity index (χ3v) is 11.4. The molecule has 1 fully saturated rings. The zero-order chi connectivity index (χ0) is 38.7. The monoisotopic (exact) mass is 776 g/mol. The Morgan fingerprint density at radius 2 is 1.18 bits per heavy atom. The number of thiophene rings is 1. The first-order valence-electron chi connectivity index (χ1n) is 19.6. The average molecular weight is 777 g/mol. The van der Waals surface area contributed by atoms with Crippen molar-refractivity contribution in [3.05, 3.63) is 202 Å². The number of rotatable bonds is 17. The van der Waals surface area contributed by atoms with E-state index in [0.29, 0.717) is 51.6 Å². The summed E-state index contributed by atoms with van der Waals surface area (Å²) in [6.07, 6.45) is -0.314. The van der Waals surface area contributed by atoms with E-state index in [-0.39, 0.29) is 12.2 Å². The summed E-state index contributed by atoms with van der Waals surface area (Å²) >= 11 is 1.80. The molecule has 57 heavy (non-hydrogen) atoms. The van der Waals surface area contributed by atoms with E-state index >= 15 is 0 Å². The summed E-state index contributed by atoms with van der Waals surface area (Å²) in [6.45, 7) is 2.11. The van der Waals surface area contributed by atoms with Gasteiger partial charge in [0.15, 0.2) is 0 Å². The van der Waals surface area contributed by atoms with Gasteiger partial charge >= 0.3 is 0 Å². The van der Waals surface area contributed by atoms with Crippen molar-refractivity contribution in [2.75, 3.05) is 13.7 Å². The Hall–Kier alpha value is -5.28. The Bertz CT molecular complexity index is 2250. The maximum absolute atomic E-state index is 7.17. The fourth-order valence-corrected chi connectivity index (χ4v) is 8.51. The third kappa shape index (κ3) is 10.2. The number of ether oxygens (including phenoxy) is 6. The molecule has 0 saturated carbocycles. The van der Waals surface area contributed by atoms with Gasteiger partial charge in [0.2, 0.25) is 0 Å². The molecule has 6 nitrogen and oxygen atoms in total. The van der Waals surface area contributed by atoms with Gasteiger partial charge in [0.25, 0.3) is 0 Å². The SMILES string of the molecule is COc1cc(OCc2ccccc2)c([C@@H]2O[C@H](COCc3ccccc3)C[C@H](OCc3ccccc3)[C@@H]2OCc2ccccc2)cc1Cc1cc2ccccc2s1. The van der Waals surface area contributed by atoms with Gasteiger partial charge in [-0.15, -0.1) is 11.3 Å². The minimum absolute atomic E-state index is 0.272. The maximum atomic E-state index is 7.17. The second-order valence-electron chi connectivity index (χ2n) is 14.4. The van der Waals surface area contributed by atoms with Crippen molar-refractivity contribution in [3.63, 3.8) is 0 Å². The van der Waals surface area contributed by atoms with Crippen LogP contribution in [0.4, 0.5) is 0 Å². The summed E-state index contributed by atoms with van der Waals surface area (Å²) in [5.41, 5.74) is 6.29. The molecular weight excluding hydrogens is 729 g/mol. The molecule has 0 bridgehead atoms. The lowest BCUT2D eigenvalue weighted by Crippen LogP contribution is -2.47. The molecule has 4 atom stereocenters. The molecule has 0 radical (unpaired) electrons. The molecular formula is C50H48O6S. The van der Waals surface area contributed by atoms with Crippen LogP contribution in [0.1, 0.15) is 50.8 Å². The minimum atomic E-state index is -0.550. The first kappa shape index (κ1) is 38.6. The van der Waals surface area contributed by atoms with Crippen LogP contribution in [0.15, 0.2) is 164 Å².